The second-order valence-corrected chi connectivity index (χ2v) is 6.26. The maximum absolute atomic E-state index is 5.77. The Kier molecular flexibility index (Phi) is 13.3. The molecule has 2 aromatic carbocycles. The molecule has 0 amide bonds. The van der Waals surface area contributed by atoms with Crippen molar-refractivity contribution in [1.82, 2.24) is 0 Å². The van der Waals surface area contributed by atoms with E-state index in [-0.39, 0.29) is 0 Å². The average molecular weight is 504 g/mol. The molecule has 0 aromatic heterocycles. The average Bonchev–Trinajstić information content (AvgIpc) is 2.50. The Morgan fingerprint density at radius 2 is 1.52 bits per heavy atom. The second-order valence-electron chi connectivity index (χ2n) is 4.01. The summed E-state index contributed by atoms with van der Waals surface area (Å²) < 4.78 is 0. The van der Waals surface area contributed by atoms with Crippen molar-refractivity contribution in [2.75, 3.05) is 0 Å². The van der Waals surface area contributed by atoms with Crippen LogP contribution < -0.4 is 0 Å². The van der Waals surface area contributed by atoms with Crippen LogP contribution in [0.2, 0.25) is 10.0 Å². The van der Waals surface area contributed by atoms with E-state index >= 15 is 0 Å². The van der Waals surface area contributed by atoms with Crippen molar-refractivity contribution in [3.8, 4) is 0 Å². The molecule has 5 heteroatoms. The van der Waals surface area contributed by atoms with Gasteiger partial charge in [-0.2, -0.15) is 18.1 Å². The van der Waals surface area contributed by atoms with E-state index in [0.717, 1.165) is 10.0 Å². The summed E-state index contributed by atoms with van der Waals surface area (Å²) in [6, 6.07) is 15.6. The molecule has 0 saturated carbocycles. The van der Waals surface area contributed by atoms with Gasteiger partial charge in [0.15, 0.2) is 0 Å². The van der Waals surface area contributed by atoms with Crippen LogP contribution in [0, 0.1) is 6.42 Å². The van der Waals surface area contributed by atoms with Crippen LogP contribution in [0.5, 0.6) is 0 Å². The van der Waals surface area contributed by atoms with Crippen molar-refractivity contribution < 1.29 is 16.3 Å². The van der Waals surface area contributed by atoms with Crippen molar-refractivity contribution in [3.63, 3.8) is 0 Å². The third-order valence-corrected chi connectivity index (χ3v) is 3.49. The molecule has 21 heavy (non-hydrogen) atoms. The molecule has 1 atom stereocenters. The summed E-state index contributed by atoms with van der Waals surface area (Å²) >= 11 is 19.2. The molecular formula is C16H16Br2Cl2Zn. The first-order valence-corrected chi connectivity index (χ1v) is 14.9. The molecule has 0 saturated heterocycles. The van der Waals surface area contributed by atoms with Crippen LogP contribution in [0.3, 0.4) is 0 Å². The number of benzene rings is 2. The van der Waals surface area contributed by atoms with Gasteiger partial charge >= 0.3 is 30.0 Å². The van der Waals surface area contributed by atoms with E-state index < -0.39 is 0 Å². The fourth-order valence-corrected chi connectivity index (χ4v) is 2.12. The van der Waals surface area contributed by atoms with Gasteiger partial charge in [0.05, 0.1) is 0 Å². The van der Waals surface area contributed by atoms with Gasteiger partial charge in [-0.25, -0.2) is 0 Å². The molecule has 0 bridgehead atoms. The van der Waals surface area contributed by atoms with E-state index in [9.17, 15) is 0 Å². The van der Waals surface area contributed by atoms with Gasteiger partial charge in [0.1, 0.15) is 0 Å². The molecule has 1 unspecified atom stereocenters. The molecule has 0 spiro atoms. The van der Waals surface area contributed by atoms with Crippen molar-refractivity contribution in [2.24, 2.45) is 0 Å². The Hall–Kier alpha value is 0.473. The number of halogens is 4. The third kappa shape index (κ3) is 9.97. The normalized spacial score (nSPS) is 10.5. The van der Waals surface area contributed by atoms with E-state index in [1.54, 1.807) is 0 Å². The molecule has 0 fully saturated rings. The molecule has 0 aliphatic carbocycles. The van der Waals surface area contributed by atoms with Gasteiger partial charge in [-0.3, -0.25) is 0 Å². The molecule has 0 heterocycles. The Morgan fingerprint density at radius 1 is 1.00 bits per heavy atom. The topological polar surface area (TPSA) is 0 Å². The van der Waals surface area contributed by atoms with Crippen molar-refractivity contribution in [1.29, 1.82) is 0 Å². The van der Waals surface area contributed by atoms with E-state index in [1.807, 2.05) is 61.9 Å². The van der Waals surface area contributed by atoms with Gasteiger partial charge in [-0.1, -0.05) is 64.3 Å². The molecule has 0 aliphatic rings. The number of rotatable bonds is 2. The maximum atomic E-state index is 5.77. The zero-order valence-electron chi connectivity index (χ0n) is 12.0. The van der Waals surface area contributed by atoms with Crippen LogP contribution in [0.15, 0.2) is 48.5 Å². The van der Waals surface area contributed by atoms with Crippen molar-refractivity contribution >= 4 is 52.8 Å². The molecule has 2 rings (SSSR count). The Labute approximate surface area is 162 Å². The quantitative estimate of drug-likeness (QED) is 0.225. The first kappa shape index (κ1) is 21.5. The predicted octanol–water partition coefficient (Wildman–Crippen LogP) is 7.55. The minimum atomic E-state index is 0.381. The Morgan fingerprint density at radius 3 is 1.86 bits per heavy atom. The summed E-state index contributed by atoms with van der Waals surface area (Å²) in [4.78, 5) is 0.381. The SMILES string of the molecule is CC(Br)c1cccc(Cl)c1.C[CH-]c1cccc(Cl)c1.[Zn+][Br]. The van der Waals surface area contributed by atoms with Crippen LogP contribution in [-0.4, -0.2) is 0 Å². The number of hydrogen-bond acceptors (Lipinski definition) is 0. The monoisotopic (exact) mass is 500 g/mol. The Balaban J connectivity index is 0.000000342. The molecule has 0 N–H and O–H groups in total. The second kappa shape index (κ2) is 13.0. The first-order chi connectivity index (χ1) is 10.0. The molecule has 0 aliphatic heterocycles. The van der Waals surface area contributed by atoms with Crippen LogP contribution in [0.4, 0.5) is 0 Å². The number of hydrogen-bond donors (Lipinski definition) is 0. The minimum absolute atomic E-state index is 0.381. The summed E-state index contributed by atoms with van der Waals surface area (Å²) in [7, 11) is 0. The number of alkyl halides is 1. The predicted molar refractivity (Wildman–Crippen MR) is 98.2 cm³/mol. The standard InChI is InChI=1S/C8H8BrCl.C8H8Cl.BrH.Zn/c1-6(9)7-3-2-4-8(10)5-7;1-2-7-4-3-5-8(9)6-7;;/h2-6H,1H3;2-6H,1H3;1H;/q;-1;;+2/p-1. The summed E-state index contributed by atoms with van der Waals surface area (Å²) in [5.74, 6) is 0. The fourth-order valence-electron chi connectivity index (χ4n) is 1.44. The zero-order chi connectivity index (χ0) is 16.3. The molecule has 0 nitrogen and oxygen atoms in total. The van der Waals surface area contributed by atoms with Crippen molar-refractivity contribution in [2.45, 2.75) is 18.7 Å². The van der Waals surface area contributed by atoms with Gasteiger partial charge in [0.25, 0.3) is 0 Å². The first-order valence-electron chi connectivity index (χ1n) is 6.24. The summed E-state index contributed by atoms with van der Waals surface area (Å²) in [5.41, 5.74) is 2.38. The molecule has 2 aromatic rings. The molecule has 0 radical (unpaired) electrons. The van der Waals surface area contributed by atoms with Gasteiger partial charge in [-0.05, 0) is 29.6 Å². The van der Waals surface area contributed by atoms with Gasteiger partial charge in [0.2, 0.25) is 0 Å². The van der Waals surface area contributed by atoms with Crippen LogP contribution in [0.1, 0.15) is 29.8 Å². The third-order valence-electron chi connectivity index (χ3n) is 2.49. The zero-order valence-corrected chi connectivity index (χ0v) is 19.6. The van der Waals surface area contributed by atoms with Crippen LogP contribution in [0.25, 0.3) is 0 Å². The van der Waals surface area contributed by atoms with Crippen molar-refractivity contribution in [3.05, 3.63) is 76.1 Å². The fraction of sp³-hybridized carbons (Fsp3) is 0.188. The van der Waals surface area contributed by atoms with E-state index in [4.69, 9.17) is 23.2 Å². The summed E-state index contributed by atoms with van der Waals surface area (Å²) in [6.07, 6.45) is 2.02. The van der Waals surface area contributed by atoms with E-state index in [2.05, 4.69) is 36.5 Å². The van der Waals surface area contributed by atoms with Gasteiger partial charge < -0.3 is 0 Å². The molecule has 110 valence electrons. The summed E-state index contributed by atoms with van der Waals surface area (Å²) in [6.45, 7) is 4.07. The molecular weight excluding hydrogens is 488 g/mol. The summed E-state index contributed by atoms with van der Waals surface area (Å²) in [5, 5.41) is 1.59. The van der Waals surface area contributed by atoms with Crippen LogP contribution in [-0.2, 0) is 16.3 Å². The Bertz CT molecular complexity index is 519. The van der Waals surface area contributed by atoms with E-state index in [0.29, 0.717) is 4.83 Å². The van der Waals surface area contributed by atoms with E-state index in [1.165, 1.54) is 27.5 Å². The van der Waals surface area contributed by atoms with Gasteiger partial charge in [0, 0.05) is 9.85 Å². The van der Waals surface area contributed by atoms with Crippen LogP contribution >= 0.6 is 52.8 Å². The van der Waals surface area contributed by atoms with Gasteiger partial charge in [-0.15, -0.1) is 12.1 Å².